The molecule has 2 unspecified atom stereocenters. The van der Waals surface area contributed by atoms with Crippen LogP contribution in [0.4, 0.5) is 0 Å². The Labute approximate surface area is 318 Å². The number of carbonyl (C=O) groups excluding carboxylic acids is 2. The zero-order chi connectivity index (χ0) is 38.2. The van der Waals surface area contributed by atoms with Crippen LogP contribution in [0.15, 0.2) is 36.5 Å². The maximum Gasteiger partial charge on any atom is 0.472 e. The summed E-state index contributed by atoms with van der Waals surface area (Å²) in [6.45, 7) is 4.17. The summed E-state index contributed by atoms with van der Waals surface area (Å²) in [5.74, 6) is -0.829. The molecule has 2 atom stereocenters. The Balaban J connectivity index is 4.29. The Morgan fingerprint density at radius 1 is 0.596 bits per heavy atom. The Morgan fingerprint density at radius 2 is 1.04 bits per heavy atom. The number of hydrogen-bond acceptors (Lipinski definition) is 8. The molecule has 0 saturated carbocycles. The minimum absolute atomic E-state index is 0.0210. The minimum Gasteiger partial charge on any atom is -0.462 e. The summed E-state index contributed by atoms with van der Waals surface area (Å²) < 4.78 is 33.1. The molecule has 0 aliphatic carbocycles. The first kappa shape index (κ1) is 50.2. The van der Waals surface area contributed by atoms with Crippen LogP contribution < -0.4 is 5.32 Å². The van der Waals surface area contributed by atoms with Crippen LogP contribution >= 0.6 is 7.82 Å². The second-order valence-corrected chi connectivity index (χ2v) is 15.3. The van der Waals surface area contributed by atoms with E-state index in [1.165, 1.54) is 89.9 Å². The first-order chi connectivity index (χ1) is 25.3. The lowest BCUT2D eigenvalue weighted by atomic mass is 10.0. The third-order valence-electron chi connectivity index (χ3n) is 8.76. The third-order valence-corrected chi connectivity index (χ3v) is 9.75. The van der Waals surface area contributed by atoms with E-state index >= 15 is 0 Å². The summed E-state index contributed by atoms with van der Waals surface area (Å²) in [6.07, 6.45) is 40.4. The molecule has 0 heterocycles. The largest absolute Gasteiger partial charge is 0.472 e. The fourth-order valence-corrected chi connectivity index (χ4v) is 6.31. The second kappa shape index (κ2) is 38.9. The molecule has 0 aromatic heterocycles. The predicted molar refractivity (Wildman–Crippen MR) is 215 cm³/mol. The zero-order valence-electron chi connectivity index (χ0n) is 33.5. The van der Waals surface area contributed by atoms with Crippen molar-refractivity contribution >= 4 is 19.8 Å². The number of nitrogens with one attached hydrogen (secondary N) is 1. The maximum atomic E-state index is 12.6. The van der Waals surface area contributed by atoms with Gasteiger partial charge in [-0.15, -0.1) is 0 Å². The van der Waals surface area contributed by atoms with Crippen molar-refractivity contribution in [3.05, 3.63) is 36.5 Å². The highest BCUT2D eigenvalue weighted by atomic mass is 31.2. The standard InChI is InChI=1S/C42H78NO8P/c1-4-6-8-10-12-14-16-18-19-20-21-23-25-27-29-31-33-35-42(45)51-40(39-50-52(46,47)49-37-36-43-3)38-48-41(44)34-32-30-28-26-24-22-17-15-13-11-9-7-5-2/h12,14,18-19,21,23,40,43H,4-11,13,15-17,20,22,24-39H2,1-3H3,(H,46,47)/b14-12-,19-18-,23-21-. The van der Waals surface area contributed by atoms with Crippen LogP contribution in [0.3, 0.4) is 0 Å². The second-order valence-electron chi connectivity index (χ2n) is 13.8. The van der Waals surface area contributed by atoms with Gasteiger partial charge >= 0.3 is 19.8 Å². The first-order valence-electron chi connectivity index (χ1n) is 20.9. The van der Waals surface area contributed by atoms with Gasteiger partial charge in [0, 0.05) is 19.4 Å². The van der Waals surface area contributed by atoms with Gasteiger partial charge in [0.2, 0.25) is 0 Å². The van der Waals surface area contributed by atoms with Gasteiger partial charge in [-0.2, -0.15) is 0 Å². The fraction of sp³-hybridized carbons (Fsp3) is 0.810. The summed E-state index contributed by atoms with van der Waals surface area (Å²) in [5.41, 5.74) is 0. The molecule has 9 nitrogen and oxygen atoms in total. The lowest BCUT2D eigenvalue weighted by molar-refractivity contribution is -0.161. The molecule has 10 heteroatoms. The van der Waals surface area contributed by atoms with Crippen molar-refractivity contribution in [2.75, 3.05) is 33.4 Å². The highest BCUT2D eigenvalue weighted by Crippen LogP contribution is 2.43. The van der Waals surface area contributed by atoms with E-state index in [1.54, 1.807) is 7.05 Å². The van der Waals surface area contributed by atoms with Crippen LogP contribution in [0.2, 0.25) is 0 Å². The van der Waals surface area contributed by atoms with Crippen molar-refractivity contribution in [1.82, 2.24) is 5.32 Å². The fourth-order valence-electron chi connectivity index (χ4n) is 5.56. The number of phosphoric acid groups is 1. The van der Waals surface area contributed by atoms with E-state index in [0.717, 1.165) is 57.8 Å². The highest BCUT2D eigenvalue weighted by molar-refractivity contribution is 7.47. The third kappa shape index (κ3) is 38.0. The maximum absolute atomic E-state index is 12.6. The summed E-state index contributed by atoms with van der Waals surface area (Å²) in [7, 11) is -2.65. The number of phosphoric ester groups is 1. The number of carbonyl (C=O) groups is 2. The van der Waals surface area contributed by atoms with Crippen molar-refractivity contribution in [3.8, 4) is 0 Å². The molecule has 0 aromatic rings. The number of allylic oxidation sites excluding steroid dienone is 6. The van der Waals surface area contributed by atoms with E-state index in [4.69, 9.17) is 18.5 Å². The van der Waals surface area contributed by atoms with E-state index in [1.807, 2.05) is 0 Å². The summed E-state index contributed by atoms with van der Waals surface area (Å²) in [5, 5.41) is 2.82. The van der Waals surface area contributed by atoms with E-state index < -0.39 is 26.5 Å². The number of unbranched alkanes of at least 4 members (excludes halogenated alkanes) is 19. The normalized spacial score (nSPS) is 13.7. The van der Waals surface area contributed by atoms with Gasteiger partial charge in [-0.3, -0.25) is 18.6 Å². The highest BCUT2D eigenvalue weighted by Gasteiger charge is 2.26. The molecule has 0 amide bonds. The Kier molecular flexibility index (Phi) is 37.6. The molecule has 0 fully saturated rings. The molecule has 0 aliphatic heterocycles. The Morgan fingerprint density at radius 3 is 1.58 bits per heavy atom. The van der Waals surface area contributed by atoms with E-state index in [9.17, 15) is 19.0 Å². The molecule has 2 N–H and O–H groups in total. The summed E-state index contributed by atoms with van der Waals surface area (Å²) in [6, 6.07) is 0. The summed E-state index contributed by atoms with van der Waals surface area (Å²) >= 11 is 0. The lowest BCUT2D eigenvalue weighted by Crippen LogP contribution is -2.29. The molecular formula is C42H78NO8P. The van der Waals surface area contributed by atoms with E-state index in [2.05, 4.69) is 55.6 Å². The van der Waals surface area contributed by atoms with Gasteiger partial charge in [0.1, 0.15) is 6.61 Å². The van der Waals surface area contributed by atoms with E-state index in [0.29, 0.717) is 13.0 Å². The predicted octanol–water partition coefficient (Wildman–Crippen LogP) is 11.6. The van der Waals surface area contributed by atoms with E-state index in [-0.39, 0.29) is 32.0 Å². The van der Waals surface area contributed by atoms with Gasteiger partial charge in [0.05, 0.1) is 13.2 Å². The molecule has 304 valence electrons. The molecule has 0 spiro atoms. The number of ether oxygens (including phenoxy) is 2. The molecule has 0 saturated heterocycles. The monoisotopic (exact) mass is 756 g/mol. The molecule has 0 aliphatic rings. The molecular weight excluding hydrogens is 677 g/mol. The van der Waals surface area contributed by atoms with Gasteiger partial charge in [-0.05, 0) is 58.4 Å². The van der Waals surface area contributed by atoms with Crippen molar-refractivity contribution in [3.63, 3.8) is 0 Å². The van der Waals surface area contributed by atoms with Crippen molar-refractivity contribution in [1.29, 1.82) is 0 Å². The number of rotatable bonds is 39. The Hall–Kier alpha value is -1.77. The number of hydrogen-bond donors (Lipinski definition) is 2. The van der Waals surface area contributed by atoms with Gasteiger partial charge in [-0.1, -0.05) is 153 Å². The van der Waals surface area contributed by atoms with Crippen molar-refractivity contribution in [2.24, 2.45) is 0 Å². The van der Waals surface area contributed by atoms with Crippen LogP contribution in [0, 0.1) is 0 Å². The quantitative estimate of drug-likeness (QED) is 0.0273. The molecule has 52 heavy (non-hydrogen) atoms. The lowest BCUT2D eigenvalue weighted by Gasteiger charge is -2.20. The average molecular weight is 756 g/mol. The van der Waals surface area contributed by atoms with Crippen LogP contribution in [-0.2, 0) is 32.7 Å². The van der Waals surface area contributed by atoms with Gasteiger partial charge in [-0.25, -0.2) is 4.57 Å². The van der Waals surface area contributed by atoms with Crippen molar-refractivity contribution in [2.45, 2.75) is 187 Å². The van der Waals surface area contributed by atoms with Crippen LogP contribution in [0.5, 0.6) is 0 Å². The van der Waals surface area contributed by atoms with Crippen LogP contribution in [0.25, 0.3) is 0 Å². The molecule has 0 rings (SSSR count). The average Bonchev–Trinajstić information content (AvgIpc) is 3.12. The smallest absolute Gasteiger partial charge is 0.462 e. The van der Waals surface area contributed by atoms with Crippen molar-refractivity contribution < 1.29 is 37.6 Å². The topological polar surface area (TPSA) is 120 Å². The van der Waals surface area contributed by atoms with Gasteiger partial charge in [0.25, 0.3) is 0 Å². The zero-order valence-corrected chi connectivity index (χ0v) is 34.4. The summed E-state index contributed by atoms with van der Waals surface area (Å²) in [4.78, 5) is 35.0. The van der Waals surface area contributed by atoms with Crippen LogP contribution in [0.1, 0.15) is 181 Å². The minimum atomic E-state index is -4.35. The molecule has 0 aromatic carbocycles. The molecule has 0 bridgehead atoms. The van der Waals surface area contributed by atoms with Crippen LogP contribution in [-0.4, -0.2) is 56.3 Å². The van der Waals surface area contributed by atoms with Gasteiger partial charge in [0.15, 0.2) is 6.10 Å². The number of likely N-dealkylation sites (N-methyl/N-ethyl adjacent to an activating group) is 1. The Bertz CT molecular complexity index is 954. The molecule has 0 radical (unpaired) electrons. The van der Waals surface area contributed by atoms with Gasteiger partial charge < -0.3 is 19.7 Å². The first-order valence-corrected chi connectivity index (χ1v) is 22.4. The SMILES string of the molecule is CCCCC/C=C\C/C=C\C/C=C\CCCCCCC(=O)OC(COC(=O)CCCCCCCCCCCCCCC)COP(=O)(O)OCCNC. The number of esters is 2.